The van der Waals surface area contributed by atoms with Crippen molar-refractivity contribution in [2.45, 2.75) is 25.5 Å². The summed E-state index contributed by atoms with van der Waals surface area (Å²) in [7, 11) is -3.06. The maximum absolute atomic E-state index is 12.0. The molecular formula is C17H22O4S. The number of benzene rings is 1. The smallest absolute Gasteiger partial charge is 0.338 e. The summed E-state index contributed by atoms with van der Waals surface area (Å²) in [5.41, 5.74) is 1.13. The van der Waals surface area contributed by atoms with Crippen LogP contribution in [0.2, 0.25) is 0 Å². The average Bonchev–Trinajstić information content (AvgIpc) is 2.45. The van der Waals surface area contributed by atoms with Crippen LogP contribution in [0.3, 0.4) is 0 Å². The first-order valence-corrected chi connectivity index (χ1v) is 9.50. The second-order valence-electron chi connectivity index (χ2n) is 6.05. The van der Waals surface area contributed by atoms with Crippen molar-refractivity contribution in [3.63, 3.8) is 0 Å². The lowest BCUT2D eigenvalue weighted by Crippen LogP contribution is -2.21. The number of carbonyl (C=O) groups is 1. The Balaban J connectivity index is 1.91. The van der Waals surface area contributed by atoms with Crippen LogP contribution in [-0.2, 0) is 20.3 Å². The highest BCUT2D eigenvalue weighted by atomic mass is 32.2. The summed E-state index contributed by atoms with van der Waals surface area (Å²) in [6, 6.07) is 6.55. The number of sulfone groups is 1. The fraction of sp³-hybridized carbons (Fsp3) is 0.471. The van der Waals surface area contributed by atoms with Gasteiger partial charge in [0.05, 0.1) is 17.9 Å². The summed E-state index contributed by atoms with van der Waals surface area (Å²) >= 11 is 0. The number of ether oxygens (including phenoxy) is 1. The first-order valence-electron chi connectivity index (χ1n) is 7.44. The lowest BCUT2D eigenvalue weighted by molar-refractivity contribution is 0.0395. The van der Waals surface area contributed by atoms with Crippen molar-refractivity contribution in [3.05, 3.63) is 47.5 Å². The first kappa shape index (κ1) is 16.7. The molecule has 0 radical (unpaired) electrons. The molecule has 5 heteroatoms. The fourth-order valence-electron chi connectivity index (χ4n) is 2.54. The predicted molar refractivity (Wildman–Crippen MR) is 86.3 cm³/mol. The molecule has 1 aliphatic rings. The minimum atomic E-state index is -3.06. The van der Waals surface area contributed by atoms with Crippen molar-refractivity contribution in [1.82, 2.24) is 0 Å². The Morgan fingerprint density at radius 1 is 1.18 bits per heavy atom. The van der Waals surface area contributed by atoms with Crippen molar-refractivity contribution < 1.29 is 17.9 Å². The molecule has 0 saturated carbocycles. The highest BCUT2D eigenvalue weighted by Gasteiger charge is 2.20. The Kier molecular flexibility index (Phi) is 5.40. The van der Waals surface area contributed by atoms with E-state index in [1.807, 2.05) is 0 Å². The third-order valence-corrected chi connectivity index (χ3v) is 4.82. The van der Waals surface area contributed by atoms with Gasteiger partial charge in [0.15, 0.2) is 9.84 Å². The predicted octanol–water partition coefficient (Wildman–Crippen LogP) is 2.99. The van der Waals surface area contributed by atoms with Gasteiger partial charge < -0.3 is 4.74 Å². The van der Waals surface area contributed by atoms with Crippen LogP contribution < -0.4 is 0 Å². The van der Waals surface area contributed by atoms with E-state index in [-0.39, 0.29) is 11.7 Å². The SMILES string of the molecule is CC1CC=CCC1COC(=O)c1ccc(CS(C)(=O)=O)cc1. The van der Waals surface area contributed by atoms with E-state index >= 15 is 0 Å². The molecule has 120 valence electrons. The topological polar surface area (TPSA) is 60.4 Å². The van der Waals surface area contributed by atoms with Crippen LogP contribution in [-0.4, -0.2) is 27.2 Å². The third-order valence-electron chi connectivity index (χ3n) is 3.97. The van der Waals surface area contributed by atoms with Gasteiger partial charge in [0, 0.05) is 6.26 Å². The van der Waals surface area contributed by atoms with Gasteiger partial charge in [-0.15, -0.1) is 0 Å². The molecule has 1 aliphatic carbocycles. The summed E-state index contributed by atoms with van der Waals surface area (Å²) in [5, 5.41) is 0. The van der Waals surface area contributed by atoms with Gasteiger partial charge in [-0.05, 0) is 42.4 Å². The van der Waals surface area contributed by atoms with Crippen LogP contribution in [0.25, 0.3) is 0 Å². The monoisotopic (exact) mass is 322 g/mol. The van der Waals surface area contributed by atoms with Crippen LogP contribution in [0.1, 0.15) is 35.7 Å². The molecule has 0 aromatic heterocycles. The molecule has 0 amide bonds. The normalized spacial score (nSPS) is 21.5. The van der Waals surface area contributed by atoms with E-state index in [9.17, 15) is 13.2 Å². The van der Waals surface area contributed by atoms with E-state index in [1.54, 1.807) is 24.3 Å². The molecule has 2 unspecified atom stereocenters. The van der Waals surface area contributed by atoms with Gasteiger partial charge in [0.2, 0.25) is 0 Å². The first-order chi connectivity index (χ1) is 10.3. The lowest BCUT2D eigenvalue weighted by atomic mass is 9.85. The zero-order chi connectivity index (χ0) is 16.2. The quantitative estimate of drug-likeness (QED) is 0.617. The Bertz CT molecular complexity index is 644. The molecule has 0 N–H and O–H groups in total. The second-order valence-corrected chi connectivity index (χ2v) is 8.19. The fourth-order valence-corrected chi connectivity index (χ4v) is 3.34. The van der Waals surface area contributed by atoms with E-state index in [2.05, 4.69) is 19.1 Å². The van der Waals surface area contributed by atoms with Crippen molar-refractivity contribution in [3.8, 4) is 0 Å². The van der Waals surface area contributed by atoms with E-state index in [1.165, 1.54) is 6.26 Å². The third kappa shape index (κ3) is 4.98. The van der Waals surface area contributed by atoms with Crippen LogP contribution in [0.4, 0.5) is 0 Å². The molecule has 1 aromatic carbocycles. The summed E-state index contributed by atoms with van der Waals surface area (Å²) in [6.45, 7) is 2.59. The Labute approximate surface area is 132 Å². The van der Waals surface area contributed by atoms with Crippen LogP contribution in [0.15, 0.2) is 36.4 Å². The standard InChI is InChI=1S/C17H22O4S/c1-13-5-3-4-6-16(13)11-21-17(18)15-9-7-14(8-10-15)12-22(2,19)20/h3-4,7-10,13,16H,5-6,11-12H2,1-2H3. The molecule has 0 heterocycles. The molecule has 2 atom stereocenters. The maximum Gasteiger partial charge on any atom is 0.338 e. The van der Waals surface area contributed by atoms with Crippen molar-refractivity contribution in [1.29, 1.82) is 0 Å². The lowest BCUT2D eigenvalue weighted by Gasteiger charge is -2.24. The molecule has 0 aliphatic heterocycles. The Hall–Kier alpha value is -1.62. The Morgan fingerprint density at radius 3 is 2.41 bits per heavy atom. The summed E-state index contributed by atoms with van der Waals surface area (Å²) in [5.74, 6) is 0.523. The number of hydrogen-bond acceptors (Lipinski definition) is 4. The molecule has 0 fully saturated rings. The molecule has 1 aromatic rings. The number of carbonyl (C=O) groups excluding carboxylic acids is 1. The van der Waals surface area contributed by atoms with Gasteiger partial charge in [-0.3, -0.25) is 0 Å². The maximum atomic E-state index is 12.0. The van der Waals surface area contributed by atoms with Gasteiger partial charge in [-0.2, -0.15) is 0 Å². The van der Waals surface area contributed by atoms with Crippen molar-refractivity contribution in [2.24, 2.45) is 11.8 Å². The van der Waals surface area contributed by atoms with Gasteiger partial charge in [0.25, 0.3) is 0 Å². The van der Waals surface area contributed by atoms with E-state index in [4.69, 9.17) is 4.74 Å². The highest BCUT2D eigenvalue weighted by molar-refractivity contribution is 7.89. The molecule has 0 saturated heterocycles. The molecule has 0 spiro atoms. The number of esters is 1. The number of rotatable bonds is 5. The van der Waals surface area contributed by atoms with Crippen molar-refractivity contribution >= 4 is 15.8 Å². The summed E-state index contributed by atoms with van der Waals surface area (Å²) in [4.78, 5) is 12.0. The van der Waals surface area contributed by atoms with Crippen LogP contribution in [0.5, 0.6) is 0 Å². The average molecular weight is 322 g/mol. The summed E-state index contributed by atoms with van der Waals surface area (Å²) in [6.07, 6.45) is 7.47. The number of allylic oxidation sites excluding steroid dienone is 2. The largest absolute Gasteiger partial charge is 0.462 e. The zero-order valence-electron chi connectivity index (χ0n) is 13.0. The van der Waals surface area contributed by atoms with Crippen LogP contribution >= 0.6 is 0 Å². The minimum absolute atomic E-state index is 0.0196. The highest BCUT2D eigenvalue weighted by Crippen LogP contribution is 2.25. The summed E-state index contributed by atoms with van der Waals surface area (Å²) < 4.78 is 27.8. The zero-order valence-corrected chi connectivity index (χ0v) is 13.8. The minimum Gasteiger partial charge on any atom is -0.462 e. The molecular weight excluding hydrogens is 300 g/mol. The van der Waals surface area contributed by atoms with Gasteiger partial charge >= 0.3 is 5.97 Å². The van der Waals surface area contributed by atoms with E-state index < -0.39 is 9.84 Å². The van der Waals surface area contributed by atoms with E-state index in [0.717, 1.165) is 12.8 Å². The molecule has 4 nitrogen and oxygen atoms in total. The van der Waals surface area contributed by atoms with Gasteiger partial charge in [0.1, 0.15) is 0 Å². The number of hydrogen-bond donors (Lipinski definition) is 0. The molecule has 22 heavy (non-hydrogen) atoms. The molecule has 0 bridgehead atoms. The van der Waals surface area contributed by atoms with Gasteiger partial charge in [-0.1, -0.05) is 31.2 Å². The molecule has 2 rings (SSSR count). The van der Waals surface area contributed by atoms with Crippen LogP contribution in [0, 0.1) is 11.8 Å². The van der Waals surface area contributed by atoms with Gasteiger partial charge in [-0.25, -0.2) is 13.2 Å². The Morgan fingerprint density at radius 2 is 1.82 bits per heavy atom. The second kappa shape index (κ2) is 7.09. The van der Waals surface area contributed by atoms with Crippen molar-refractivity contribution in [2.75, 3.05) is 12.9 Å². The van der Waals surface area contributed by atoms with E-state index in [0.29, 0.717) is 29.6 Å².